The monoisotopic (exact) mass is 478 g/mol. The highest BCUT2D eigenvalue weighted by atomic mass is 16.6. The van der Waals surface area contributed by atoms with E-state index in [9.17, 15) is 14.4 Å². The van der Waals surface area contributed by atoms with Gasteiger partial charge in [-0.1, -0.05) is 24.3 Å². The number of likely N-dealkylation sites (tertiary alicyclic amines) is 1. The van der Waals surface area contributed by atoms with Crippen molar-refractivity contribution in [3.05, 3.63) is 48.5 Å². The lowest BCUT2D eigenvalue weighted by molar-refractivity contribution is -0.120. The number of carbonyl (C=O) groups is 3. The molecule has 2 aliphatic heterocycles. The van der Waals surface area contributed by atoms with Crippen LogP contribution in [-0.2, 0) is 14.3 Å². The predicted molar refractivity (Wildman–Crippen MR) is 136 cm³/mol. The van der Waals surface area contributed by atoms with Crippen molar-refractivity contribution in [3.8, 4) is 11.1 Å². The van der Waals surface area contributed by atoms with Gasteiger partial charge in [-0.3, -0.25) is 9.59 Å². The summed E-state index contributed by atoms with van der Waals surface area (Å²) in [6, 6.07) is 15.4. The summed E-state index contributed by atoms with van der Waals surface area (Å²) in [4.78, 5) is 38.8. The van der Waals surface area contributed by atoms with Gasteiger partial charge in [0.05, 0.1) is 11.8 Å². The van der Waals surface area contributed by atoms with Crippen molar-refractivity contribution in [3.63, 3.8) is 0 Å². The first-order valence-electron chi connectivity index (χ1n) is 12.2. The molecule has 2 heterocycles. The average Bonchev–Trinajstić information content (AvgIpc) is 3.52. The van der Waals surface area contributed by atoms with Crippen molar-refractivity contribution in [2.75, 3.05) is 36.8 Å². The minimum atomic E-state index is -0.555. The molecule has 0 spiro atoms. The van der Waals surface area contributed by atoms with Gasteiger partial charge in [-0.05, 0) is 75.5 Å². The molecular formula is C27H34N4O4. The number of amides is 3. The van der Waals surface area contributed by atoms with Gasteiger partial charge in [0.25, 0.3) is 0 Å². The Morgan fingerprint density at radius 2 is 1.40 bits per heavy atom. The van der Waals surface area contributed by atoms with Crippen LogP contribution < -0.4 is 16.0 Å². The van der Waals surface area contributed by atoms with Crippen LogP contribution in [0.2, 0.25) is 0 Å². The van der Waals surface area contributed by atoms with Crippen molar-refractivity contribution in [1.29, 1.82) is 0 Å². The van der Waals surface area contributed by atoms with Gasteiger partial charge in [0.15, 0.2) is 0 Å². The fourth-order valence-corrected chi connectivity index (χ4v) is 4.33. The first kappa shape index (κ1) is 24.7. The Kier molecular flexibility index (Phi) is 7.40. The predicted octanol–water partition coefficient (Wildman–Crippen LogP) is 4.10. The van der Waals surface area contributed by atoms with Crippen LogP contribution in [0.4, 0.5) is 16.2 Å². The summed E-state index contributed by atoms with van der Waals surface area (Å²) in [6.45, 7) is 7.98. The number of carbonyl (C=O) groups excluding carboxylic acids is 3. The van der Waals surface area contributed by atoms with Crippen LogP contribution >= 0.6 is 0 Å². The topological polar surface area (TPSA) is 99.8 Å². The van der Waals surface area contributed by atoms with E-state index >= 15 is 0 Å². The first-order chi connectivity index (χ1) is 16.7. The summed E-state index contributed by atoms with van der Waals surface area (Å²) in [5, 5.41) is 9.15. The normalized spacial score (nSPS) is 19.9. The van der Waals surface area contributed by atoms with Crippen LogP contribution in [0.5, 0.6) is 0 Å². The van der Waals surface area contributed by atoms with E-state index in [2.05, 4.69) is 16.0 Å². The number of nitrogens with one attached hydrogen (secondary N) is 3. The third-order valence-electron chi connectivity index (χ3n) is 6.28. The zero-order valence-corrected chi connectivity index (χ0v) is 20.6. The molecule has 186 valence electrons. The van der Waals surface area contributed by atoms with Crippen molar-refractivity contribution < 1.29 is 19.1 Å². The summed E-state index contributed by atoms with van der Waals surface area (Å²) >= 11 is 0. The van der Waals surface area contributed by atoms with Gasteiger partial charge in [-0.15, -0.1) is 0 Å². The van der Waals surface area contributed by atoms with Crippen molar-refractivity contribution in [2.24, 2.45) is 11.8 Å². The van der Waals surface area contributed by atoms with E-state index in [-0.39, 0.29) is 29.7 Å². The maximum absolute atomic E-state index is 12.7. The molecule has 2 unspecified atom stereocenters. The molecule has 2 aromatic carbocycles. The maximum Gasteiger partial charge on any atom is 0.410 e. The maximum atomic E-state index is 12.7. The second-order valence-electron chi connectivity index (χ2n) is 10.2. The quantitative estimate of drug-likeness (QED) is 0.601. The minimum absolute atomic E-state index is 0.0297. The summed E-state index contributed by atoms with van der Waals surface area (Å²) in [7, 11) is 0. The van der Waals surface area contributed by atoms with E-state index in [1.165, 1.54) is 0 Å². The fourth-order valence-electron chi connectivity index (χ4n) is 4.33. The van der Waals surface area contributed by atoms with Crippen LogP contribution in [0.1, 0.15) is 33.6 Å². The number of rotatable bonds is 5. The van der Waals surface area contributed by atoms with Crippen LogP contribution in [0.25, 0.3) is 11.1 Å². The molecular weight excluding hydrogens is 444 g/mol. The molecule has 2 aliphatic rings. The fraction of sp³-hybridized carbons (Fsp3) is 0.444. The molecule has 3 amide bonds. The van der Waals surface area contributed by atoms with Gasteiger partial charge in [0.1, 0.15) is 5.60 Å². The Balaban J connectivity index is 1.29. The van der Waals surface area contributed by atoms with Gasteiger partial charge in [0.2, 0.25) is 11.8 Å². The van der Waals surface area contributed by atoms with Gasteiger partial charge in [-0.25, -0.2) is 4.79 Å². The highest BCUT2D eigenvalue weighted by Gasteiger charge is 2.33. The largest absolute Gasteiger partial charge is 0.444 e. The molecule has 8 nitrogen and oxygen atoms in total. The van der Waals surface area contributed by atoms with Gasteiger partial charge >= 0.3 is 6.09 Å². The standard InChI is InChI=1S/C27H34N4O4/c1-27(2,3)35-26(34)31-15-13-21(17-31)25(33)30-23-10-6-19(7-11-23)18-4-8-22(9-5-18)29-24(32)20-12-14-28-16-20/h4-11,20-21,28H,12-17H2,1-3H3,(H,29,32)(H,30,33). The van der Waals surface area contributed by atoms with Crippen LogP contribution in [-0.4, -0.2) is 54.6 Å². The lowest BCUT2D eigenvalue weighted by atomic mass is 10.0. The van der Waals surface area contributed by atoms with E-state index < -0.39 is 5.60 Å². The Hall–Kier alpha value is -3.39. The summed E-state index contributed by atoms with van der Waals surface area (Å²) in [6.07, 6.45) is 1.11. The third kappa shape index (κ3) is 6.60. The first-order valence-corrected chi connectivity index (χ1v) is 12.2. The number of benzene rings is 2. The number of hydrogen-bond acceptors (Lipinski definition) is 5. The number of anilines is 2. The average molecular weight is 479 g/mol. The van der Waals surface area contributed by atoms with Crippen LogP contribution in [0.15, 0.2) is 48.5 Å². The van der Waals surface area contributed by atoms with Gasteiger partial charge < -0.3 is 25.6 Å². The molecule has 2 aromatic rings. The molecule has 4 rings (SSSR count). The lowest BCUT2D eigenvalue weighted by Crippen LogP contribution is -2.36. The number of hydrogen-bond donors (Lipinski definition) is 3. The molecule has 0 aromatic heterocycles. The molecule has 8 heteroatoms. The molecule has 0 bridgehead atoms. The van der Waals surface area contributed by atoms with Crippen molar-refractivity contribution >= 4 is 29.3 Å². The van der Waals surface area contributed by atoms with Crippen LogP contribution in [0.3, 0.4) is 0 Å². The van der Waals surface area contributed by atoms with E-state index in [1.54, 1.807) is 4.90 Å². The van der Waals surface area contributed by atoms with E-state index in [4.69, 9.17) is 4.74 Å². The minimum Gasteiger partial charge on any atom is -0.444 e. The van der Waals surface area contributed by atoms with Crippen molar-refractivity contribution in [2.45, 2.75) is 39.2 Å². The number of nitrogens with zero attached hydrogens (tertiary/aromatic N) is 1. The molecule has 35 heavy (non-hydrogen) atoms. The summed E-state index contributed by atoms with van der Waals surface area (Å²) in [5.41, 5.74) is 2.97. The van der Waals surface area contributed by atoms with Gasteiger partial charge in [0, 0.05) is 31.0 Å². The Bertz CT molecular complexity index is 1050. The molecule has 3 N–H and O–H groups in total. The molecule has 0 saturated carbocycles. The molecule has 0 aliphatic carbocycles. The molecule has 2 saturated heterocycles. The zero-order chi connectivity index (χ0) is 25.0. The Morgan fingerprint density at radius 1 is 0.857 bits per heavy atom. The van der Waals surface area contributed by atoms with Gasteiger partial charge in [-0.2, -0.15) is 0 Å². The zero-order valence-electron chi connectivity index (χ0n) is 20.6. The highest BCUT2D eigenvalue weighted by molar-refractivity contribution is 5.94. The van der Waals surface area contributed by atoms with E-state index in [0.29, 0.717) is 25.2 Å². The second kappa shape index (κ2) is 10.5. The Labute approximate surface area is 206 Å². The number of ether oxygens (including phenoxy) is 1. The molecule has 2 atom stereocenters. The third-order valence-corrected chi connectivity index (χ3v) is 6.28. The molecule has 2 fully saturated rings. The second-order valence-corrected chi connectivity index (χ2v) is 10.2. The van der Waals surface area contributed by atoms with E-state index in [1.807, 2.05) is 69.3 Å². The SMILES string of the molecule is CC(C)(C)OC(=O)N1CCC(C(=O)Nc2ccc(-c3ccc(NC(=O)C4CCNC4)cc3)cc2)C1. The smallest absolute Gasteiger partial charge is 0.410 e. The molecule has 0 radical (unpaired) electrons. The summed E-state index contributed by atoms with van der Waals surface area (Å²) in [5.74, 6) is -0.271. The van der Waals surface area contributed by atoms with Crippen LogP contribution in [0, 0.1) is 11.8 Å². The lowest BCUT2D eigenvalue weighted by Gasteiger charge is -2.24. The highest BCUT2D eigenvalue weighted by Crippen LogP contribution is 2.25. The van der Waals surface area contributed by atoms with E-state index in [0.717, 1.165) is 36.3 Å². The summed E-state index contributed by atoms with van der Waals surface area (Å²) < 4.78 is 5.40. The Morgan fingerprint density at radius 3 is 1.89 bits per heavy atom. The van der Waals surface area contributed by atoms with Crippen molar-refractivity contribution in [1.82, 2.24) is 10.2 Å².